The van der Waals surface area contributed by atoms with Crippen LogP contribution in [0.25, 0.3) is 0 Å². The molecular formula is C21H39N3. The molecule has 0 aromatic rings. The van der Waals surface area contributed by atoms with Crippen LogP contribution in [0.2, 0.25) is 0 Å². The molecule has 0 aromatic heterocycles. The summed E-state index contributed by atoms with van der Waals surface area (Å²) in [5, 5.41) is 0. The second kappa shape index (κ2) is 6.25. The van der Waals surface area contributed by atoms with Crippen molar-refractivity contribution in [3.05, 3.63) is 0 Å². The van der Waals surface area contributed by atoms with Gasteiger partial charge < -0.3 is 9.80 Å². The van der Waals surface area contributed by atoms with Gasteiger partial charge in [-0.3, -0.25) is 4.90 Å². The molecule has 0 aromatic carbocycles. The monoisotopic (exact) mass is 333 g/mol. The van der Waals surface area contributed by atoms with Crippen molar-refractivity contribution in [2.75, 3.05) is 45.8 Å². The normalized spacial score (nSPS) is 39.2. The number of piperidine rings is 1. The van der Waals surface area contributed by atoms with Gasteiger partial charge in [0.2, 0.25) is 0 Å². The third-order valence-corrected chi connectivity index (χ3v) is 8.21. The van der Waals surface area contributed by atoms with Crippen LogP contribution in [-0.2, 0) is 0 Å². The summed E-state index contributed by atoms with van der Waals surface area (Å²) in [6, 6.07) is 0.733. The summed E-state index contributed by atoms with van der Waals surface area (Å²) in [5.74, 6) is 1.85. The van der Waals surface area contributed by atoms with Gasteiger partial charge in [-0.2, -0.15) is 0 Å². The summed E-state index contributed by atoms with van der Waals surface area (Å²) in [6.07, 6.45) is 7.35. The molecule has 5 fully saturated rings. The van der Waals surface area contributed by atoms with Crippen LogP contribution in [0.5, 0.6) is 0 Å². The van der Waals surface area contributed by atoms with Gasteiger partial charge in [-0.25, -0.2) is 0 Å². The summed E-state index contributed by atoms with van der Waals surface area (Å²) in [4.78, 5) is 8.30. The number of likely N-dealkylation sites (tertiary alicyclic amines) is 1. The Morgan fingerprint density at radius 3 is 1.92 bits per heavy atom. The summed E-state index contributed by atoms with van der Waals surface area (Å²) in [7, 11) is 0. The van der Waals surface area contributed by atoms with E-state index in [0.717, 1.165) is 23.3 Å². The van der Waals surface area contributed by atoms with Crippen LogP contribution in [0.3, 0.4) is 0 Å². The second-order valence-electron chi connectivity index (χ2n) is 10.1. The fourth-order valence-electron chi connectivity index (χ4n) is 6.18. The fraction of sp³-hybridized carbons (Fsp3) is 1.00. The largest absolute Gasteiger partial charge is 0.301 e. The van der Waals surface area contributed by atoms with Gasteiger partial charge in [-0.15, -0.1) is 0 Å². The van der Waals surface area contributed by atoms with Crippen LogP contribution in [0.15, 0.2) is 0 Å². The lowest BCUT2D eigenvalue weighted by Crippen LogP contribution is -2.77. The van der Waals surface area contributed by atoms with Crippen LogP contribution in [-0.4, -0.2) is 72.1 Å². The molecule has 0 spiro atoms. The van der Waals surface area contributed by atoms with Crippen LogP contribution in [0, 0.1) is 17.3 Å². The zero-order chi connectivity index (χ0) is 16.9. The van der Waals surface area contributed by atoms with Crippen LogP contribution >= 0.6 is 0 Å². The van der Waals surface area contributed by atoms with Crippen molar-refractivity contribution >= 4 is 0 Å². The van der Waals surface area contributed by atoms with Crippen molar-refractivity contribution in [2.24, 2.45) is 17.3 Å². The van der Waals surface area contributed by atoms with Crippen molar-refractivity contribution in [2.45, 2.75) is 71.4 Å². The lowest BCUT2D eigenvalue weighted by molar-refractivity contribution is -0.246. The molecule has 5 aliphatic rings. The molecule has 0 radical (unpaired) electrons. The Kier molecular flexibility index (Phi) is 4.50. The van der Waals surface area contributed by atoms with Gasteiger partial charge in [0, 0.05) is 44.3 Å². The van der Waals surface area contributed by atoms with Gasteiger partial charge in [0.1, 0.15) is 0 Å². The molecular weight excluding hydrogens is 294 g/mol. The third-order valence-electron chi connectivity index (χ3n) is 8.21. The SMILES string of the molecule is CC(C)N1CCC(CN2CCN(C34CC(C(C)C)(C3)C4)CC2)CC1. The Morgan fingerprint density at radius 1 is 0.833 bits per heavy atom. The number of piperazine rings is 1. The van der Waals surface area contributed by atoms with Gasteiger partial charge in [-0.1, -0.05) is 13.8 Å². The Labute approximate surface area is 149 Å². The summed E-state index contributed by atoms with van der Waals surface area (Å²) < 4.78 is 0. The maximum Gasteiger partial charge on any atom is 0.0226 e. The zero-order valence-electron chi connectivity index (χ0n) is 16.6. The molecule has 2 bridgehead atoms. The minimum absolute atomic E-state index is 0.652. The molecule has 3 aliphatic carbocycles. The van der Waals surface area contributed by atoms with Crippen LogP contribution in [0.4, 0.5) is 0 Å². The molecule has 2 aliphatic heterocycles. The average molecular weight is 334 g/mol. The predicted molar refractivity (Wildman–Crippen MR) is 101 cm³/mol. The summed E-state index contributed by atoms with van der Waals surface area (Å²) >= 11 is 0. The molecule has 3 saturated carbocycles. The third kappa shape index (κ3) is 2.85. The zero-order valence-corrected chi connectivity index (χ0v) is 16.6. The molecule has 3 nitrogen and oxygen atoms in total. The first kappa shape index (κ1) is 17.3. The van der Waals surface area contributed by atoms with E-state index in [1.54, 1.807) is 0 Å². The van der Waals surface area contributed by atoms with Crippen molar-refractivity contribution in [1.29, 1.82) is 0 Å². The molecule has 0 atom stereocenters. The van der Waals surface area contributed by atoms with Crippen molar-refractivity contribution < 1.29 is 0 Å². The number of rotatable bonds is 5. The highest BCUT2D eigenvalue weighted by Gasteiger charge is 2.70. The van der Waals surface area contributed by atoms with E-state index in [2.05, 4.69) is 42.4 Å². The highest BCUT2D eigenvalue weighted by molar-refractivity contribution is 5.24. The van der Waals surface area contributed by atoms with Crippen molar-refractivity contribution in [3.63, 3.8) is 0 Å². The van der Waals surface area contributed by atoms with E-state index in [4.69, 9.17) is 0 Å². The van der Waals surface area contributed by atoms with Crippen LogP contribution < -0.4 is 0 Å². The fourth-order valence-corrected chi connectivity index (χ4v) is 6.18. The van der Waals surface area contributed by atoms with Crippen molar-refractivity contribution in [3.8, 4) is 0 Å². The molecule has 0 amide bonds. The molecule has 2 saturated heterocycles. The maximum atomic E-state index is 2.87. The van der Waals surface area contributed by atoms with E-state index in [1.807, 2.05) is 0 Å². The van der Waals surface area contributed by atoms with Gasteiger partial charge >= 0.3 is 0 Å². The van der Waals surface area contributed by atoms with E-state index in [1.165, 1.54) is 77.9 Å². The van der Waals surface area contributed by atoms with E-state index in [-0.39, 0.29) is 0 Å². The van der Waals surface area contributed by atoms with Gasteiger partial charge in [0.05, 0.1) is 0 Å². The summed E-state index contributed by atoms with van der Waals surface area (Å²) in [5.41, 5.74) is 1.40. The Hall–Kier alpha value is -0.120. The average Bonchev–Trinajstić information content (AvgIpc) is 2.46. The molecule has 5 rings (SSSR count). The lowest BCUT2D eigenvalue weighted by atomic mass is 9.35. The Morgan fingerprint density at radius 2 is 1.42 bits per heavy atom. The highest BCUT2D eigenvalue weighted by atomic mass is 15.3. The topological polar surface area (TPSA) is 9.72 Å². The van der Waals surface area contributed by atoms with E-state index in [9.17, 15) is 0 Å². The summed E-state index contributed by atoms with van der Waals surface area (Å²) in [6.45, 7) is 18.9. The number of hydrogen-bond acceptors (Lipinski definition) is 3. The second-order valence-corrected chi connectivity index (χ2v) is 10.1. The molecule has 24 heavy (non-hydrogen) atoms. The minimum Gasteiger partial charge on any atom is -0.301 e. The van der Waals surface area contributed by atoms with Gasteiger partial charge in [-0.05, 0) is 76.3 Å². The number of hydrogen-bond donors (Lipinski definition) is 0. The molecule has 138 valence electrons. The minimum atomic E-state index is 0.652. The van der Waals surface area contributed by atoms with Gasteiger partial charge in [0.15, 0.2) is 0 Å². The Balaban J connectivity index is 1.18. The molecule has 0 N–H and O–H groups in total. The van der Waals surface area contributed by atoms with E-state index in [0.29, 0.717) is 5.54 Å². The lowest BCUT2D eigenvalue weighted by Gasteiger charge is -2.76. The smallest absolute Gasteiger partial charge is 0.0226 e. The first-order valence-electron chi connectivity index (χ1n) is 10.6. The predicted octanol–water partition coefficient (Wildman–Crippen LogP) is 3.30. The Bertz CT molecular complexity index is 422. The van der Waals surface area contributed by atoms with E-state index >= 15 is 0 Å². The maximum absolute atomic E-state index is 2.87. The van der Waals surface area contributed by atoms with Crippen LogP contribution in [0.1, 0.15) is 59.8 Å². The van der Waals surface area contributed by atoms with E-state index < -0.39 is 0 Å². The standard InChI is InChI=1S/C21H39N3/c1-17(2)20-14-21(15-20,16-20)24-11-9-22(10-12-24)13-19-5-7-23(8-6-19)18(3)4/h17-19H,5-16H2,1-4H3. The molecule has 0 unspecified atom stereocenters. The first-order valence-corrected chi connectivity index (χ1v) is 10.6. The first-order chi connectivity index (χ1) is 11.4. The van der Waals surface area contributed by atoms with Crippen molar-refractivity contribution in [1.82, 2.24) is 14.7 Å². The molecule has 3 heteroatoms. The quantitative estimate of drug-likeness (QED) is 0.764. The molecule has 2 heterocycles. The number of nitrogens with zero attached hydrogens (tertiary/aromatic N) is 3. The highest BCUT2D eigenvalue weighted by Crippen LogP contribution is 2.72. The van der Waals surface area contributed by atoms with Gasteiger partial charge in [0.25, 0.3) is 0 Å².